The number of benzene rings is 2. The minimum Gasteiger partial charge on any atom is -0.397 e. The van der Waals surface area contributed by atoms with Crippen molar-refractivity contribution in [3.8, 4) is 17.3 Å². The number of nitrogens with two attached hydrogens (primary N) is 1. The van der Waals surface area contributed by atoms with Crippen LogP contribution in [-0.2, 0) is 6.54 Å². The van der Waals surface area contributed by atoms with Crippen molar-refractivity contribution < 1.29 is 9.90 Å². The number of nitrogens with one attached hydrogen (secondary N) is 1. The number of nitriles is 1. The first-order valence-electron chi connectivity index (χ1n) is 10.1. The molecule has 4 N–H and O–H groups in total. The molecule has 3 aromatic rings. The van der Waals surface area contributed by atoms with Crippen LogP contribution in [0.2, 0.25) is 0 Å². The second-order valence-electron chi connectivity index (χ2n) is 7.65. The molecule has 0 saturated carbocycles. The lowest BCUT2D eigenvalue weighted by Crippen LogP contribution is -2.21. The zero-order valence-corrected chi connectivity index (χ0v) is 17.0. The van der Waals surface area contributed by atoms with E-state index in [0.717, 1.165) is 24.1 Å². The van der Waals surface area contributed by atoms with Crippen molar-refractivity contribution >= 4 is 17.3 Å². The molecule has 31 heavy (non-hydrogen) atoms. The van der Waals surface area contributed by atoms with Crippen LogP contribution in [0.1, 0.15) is 27.9 Å². The number of β-amino-alcohol motifs (C(OH)–C–C–N with tert-alkyl or cyclic N) is 1. The van der Waals surface area contributed by atoms with E-state index in [4.69, 9.17) is 5.73 Å². The van der Waals surface area contributed by atoms with Gasteiger partial charge in [0.1, 0.15) is 6.07 Å². The summed E-state index contributed by atoms with van der Waals surface area (Å²) in [6.45, 7) is 2.13. The number of rotatable bonds is 5. The fourth-order valence-corrected chi connectivity index (χ4v) is 3.71. The van der Waals surface area contributed by atoms with Gasteiger partial charge < -0.3 is 16.2 Å². The lowest BCUT2D eigenvalue weighted by Gasteiger charge is -2.15. The summed E-state index contributed by atoms with van der Waals surface area (Å²) in [4.78, 5) is 19.2. The second-order valence-corrected chi connectivity index (χ2v) is 7.65. The lowest BCUT2D eigenvalue weighted by molar-refractivity contribution is 0.102. The summed E-state index contributed by atoms with van der Waals surface area (Å²) in [6.07, 6.45) is 2.25. The molecule has 2 aromatic carbocycles. The van der Waals surface area contributed by atoms with Gasteiger partial charge in [-0.2, -0.15) is 5.26 Å². The number of carbonyl (C=O) groups is 1. The van der Waals surface area contributed by atoms with Crippen molar-refractivity contribution in [1.82, 2.24) is 9.88 Å². The van der Waals surface area contributed by atoms with E-state index in [-0.39, 0.29) is 12.0 Å². The van der Waals surface area contributed by atoms with E-state index in [1.807, 2.05) is 6.07 Å². The van der Waals surface area contributed by atoms with Gasteiger partial charge in [-0.05, 0) is 42.3 Å². The summed E-state index contributed by atoms with van der Waals surface area (Å²) < 4.78 is 0. The molecule has 0 radical (unpaired) electrons. The van der Waals surface area contributed by atoms with Crippen molar-refractivity contribution in [1.29, 1.82) is 5.26 Å². The predicted molar refractivity (Wildman–Crippen MR) is 119 cm³/mol. The maximum absolute atomic E-state index is 12.5. The van der Waals surface area contributed by atoms with Crippen LogP contribution in [0.5, 0.6) is 0 Å². The van der Waals surface area contributed by atoms with E-state index in [1.165, 1.54) is 0 Å². The Morgan fingerprint density at radius 1 is 1.26 bits per heavy atom. The Balaban J connectivity index is 1.50. The number of likely N-dealkylation sites (tertiary alicyclic amines) is 1. The maximum atomic E-state index is 12.5. The average molecular weight is 413 g/mol. The van der Waals surface area contributed by atoms with Crippen LogP contribution in [0.15, 0.2) is 60.8 Å². The number of amides is 1. The van der Waals surface area contributed by atoms with E-state index in [1.54, 1.807) is 54.7 Å². The summed E-state index contributed by atoms with van der Waals surface area (Å²) in [5.74, 6) is -0.263. The maximum Gasteiger partial charge on any atom is 0.255 e. The molecular formula is C24H23N5O2. The fraction of sp³-hybridized carbons (Fsp3) is 0.208. The number of nitrogens with zero attached hydrogens (tertiary/aromatic N) is 3. The Morgan fingerprint density at radius 3 is 2.71 bits per heavy atom. The third-order valence-corrected chi connectivity index (χ3v) is 5.35. The van der Waals surface area contributed by atoms with Crippen LogP contribution in [0.3, 0.4) is 0 Å². The van der Waals surface area contributed by atoms with Crippen molar-refractivity contribution in [3.05, 3.63) is 77.5 Å². The first kappa shape index (κ1) is 20.5. The van der Waals surface area contributed by atoms with E-state index in [2.05, 4.69) is 21.3 Å². The SMILES string of the molecule is N#Cc1cc(CN2CC[C@@H](O)C2)cnc1-c1ccc(C(=O)Nc2ccccc2N)cc1. The summed E-state index contributed by atoms with van der Waals surface area (Å²) in [5, 5.41) is 22.1. The molecule has 1 amide bonds. The minimum absolute atomic E-state index is 0.263. The topological polar surface area (TPSA) is 115 Å². The number of aliphatic hydroxyl groups excluding tert-OH is 1. The van der Waals surface area contributed by atoms with Crippen molar-refractivity contribution in [2.24, 2.45) is 0 Å². The molecule has 1 atom stereocenters. The summed E-state index contributed by atoms with van der Waals surface area (Å²) >= 11 is 0. The highest BCUT2D eigenvalue weighted by molar-refractivity contribution is 6.05. The smallest absolute Gasteiger partial charge is 0.255 e. The number of hydrogen-bond acceptors (Lipinski definition) is 6. The Bertz CT molecular complexity index is 1140. The number of aromatic nitrogens is 1. The number of anilines is 2. The van der Waals surface area contributed by atoms with Crippen LogP contribution in [-0.4, -0.2) is 40.1 Å². The Morgan fingerprint density at radius 2 is 2.03 bits per heavy atom. The number of nitrogen functional groups attached to an aromatic ring is 1. The zero-order chi connectivity index (χ0) is 21.8. The molecule has 4 rings (SSSR count). The van der Waals surface area contributed by atoms with Crippen LogP contribution < -0.4 is 11.1 Å². The molecule has 156 valence electrons. The Labute approximate surface area is 180 Å². The number of para-hydroxylation sites is 2. The van der Waals surface area contributed by atoms with Crippen molar-refractivity contribution in [3.63, 3.8) is 0 Å². The van der Waals surface area contributed by atoms with Crippen LogP contribution in [0.25, 0.3) is 11.3 Å². The Hall–Kier alpha value is -3.73. The summed E-state index contributed by atoms with van der Waals surface area (Å²) in [6, 6.07) is 18.1. The zero-order valence-electron chi connectivity index (χ0n) is 17.0. The van der Waals surface area contributed by atoms with Gasteiger partial charge in [0.25, 0.3) is 5.91 Å². The minimum atomic E-state index is -0.281. The van der Waals surface area contributed by atoms with Crippen LogP contribution >= 0.6 is 0 Å². The summed E-state index contributed by atoms with van der Waals surface area (Å²) in [7, 11) is 0. The molecule has 1 aromatic heterocycles. The molecule has 7 heteroatoms. The first-order valence-corrected chi connectivity index (χ1v) is 10.1. The van der Waals surface area contributed by atoms with E-state index >= 15 is 0 Å². The predicted octanol–water partition coefficient (Wildman–Crippen LogP) is 3.02. The average Bonchev–Trinajstić information content (AvgIpc) is 3.19. The summed E-state index contributed by atoms with van der Waals surface area (Å²) in [5.41, 5.74) is 10.2. The third-order valence-electron chi connectivity index (χ3n) is 5.35. The quantitative estimate of drug-likeness (QED) is 0.554. The van der Waals surface area contributed by atoms with E-state index in [9.17, 15) is 15.2 Å². The van der Waals surface area contributed by atoms with E-state index < -0.39 is 0 Å². The molecule has 2 heterocycles. The molecule has 7 nitrogen and oxygen atoms in total. The van der Waals surface area contributed by atoms with Gasteiger partial charge in [-0.1, -0.05) is 24.3 Å². The monoisotopic (exact) mass is 413 g/mol. The van der Waals surface area contributed by atoms with Gasteiger partial charge in [-0.15, -0.1) is 0 Å². The lowest BCUT2D eigenvalue weighted by atomic mass is 10.0. The van der Waals surface area contributed by atoms with Crippen molar-refractivity contribution in [2.45, 2.75) is 19.1 Å². The molecular weight excluding hydrogens is 390 g/mol. The van der Waals surface area contributed by atoms with Gasteiger partial charge in [0.2, 0.25) is 0 Å². The highest BCUT2D eigenvalue weighted by Crippen LogP contribution is 2.24. The second kappa shape index (κ2) is 8.96. The van der Waals surface area contributed by atoms with Crippen LogP contribution in [0, 0.1) is 11.3 Å². The first-order chi connectivity index (χ1) is 15.0. The standard InChI is InChI=1S/C24H23N5O2/c25-12-19-11-16(14-29-10-9-20(30)15-29)13-27-23(19)17-5-7-18(8-6-17)24(31)28-22-4-2-1-3-21(22)26/h1-8,11,13,20,30H,9-10,14-15,26H2,(H,28,31)/t20-/m1/s1. The number of aliphatic hydroxyl groups is 1. The van der Waals surface area contributed by atoms with Crippen molar-refractivity contribution in [2.75, 3.05) is 24.1 Å². The molecule has 1 fully saturated rings. The molecule has 1 saturated heterocycles. The Kier molecular flexibility index (Phi) is 5.94. The highest BCUT2D eigenvalue weighted by atomic mass is 16.3. The normalized spacial score (nSPS) is 16.1. The van der Waals surface area contributed by atoms with Gasteiger partial charge in [0, 0.05) is 37.0 Å². The van der Waals surface area contributed by atoms with Gasteiger partial charge in [0.05, 0.1) is 28.7 Å². The molecule has 0 unspecified atom stereocenters. The molecule has 1 aliphatic rings. The van der Waals surface area contributed by atoms with Gasteiger partial charge >= 0.3 is 0 Å². The third kappa shape index (κ3) is 4.72. The number of carbonyl (C=O) groups excluding carboxylic acids is 1. The highest BCUT2D eigenvalue weighted by Gasteiger charge is 2.20. The molecule has 1 aliphatic heterocycles. The van der Waals surface area contributed by atoms with Crippen LogP contribution in [0.4, 0.5) is 11.4 Å². The van der Waals surface area contributed by atoms with Gasteiger partial charge in [0.15, 0.2) is 0 Å². The molecule has 0 bridgehead atoms. The largest absolute Gasteiger partial charge is 0.397 e. The van der Waals surface area contributed by atoms with Gasteiger partial charge in [-0.3, -0.25) is 14.7 Å². The molecule has 0 spiro atoms. The van der Waals surface area contributed by atoms with E-state index in [0.29, 0.717) is 41.3 Å². The number of pyridine rings is 1. The number of hydrogen-bond donors (Lipinski definition) is 3. The van der Waals surface area contributed by atoms with Gasteiger partial charge in [-0.25, -0.2) is 0 Å². The fourth-order valence-electron chi connectivity index (χ4n) is 3.71. The molecule has 0 aliphatic carbocycles.